The normalized spacial score (nSPS) is 16.8. The number of likely N-dealkylation sites (N-methyl/N-ethyl adjacent to an activating group) is 1. The third kappa shape index (κ3) is 3.26. The number of amides is 1. The van der Waals surface area contributed by atoms with Crippen LogP contribution in [0.1, 0.15) is 19.4 Å². The molecule has 1 atom stereocenters. The first-order chi connectivity index (χ1) is 9.26. The molecule has 4 heteroatoms. The molecule has 2 rings (SSSR count). The Labute approximate surface area is 114 Å². The van der Waals surface area contributed by atoms with Gasteiger partial charge in [0.25, 0.3) is 0 Å². The third-order valence-electron chi connectivity index (χ3n) is 3.47. The SMILES string of the molecule is CCOCCN(CC)C(=O)C1Cc2ccccc2N1. The van der Waals surface area contributed by atoms with Crippen molar-refractivity contribution in [2.45, 2.75) is 26.3 Å². The summed E-state index contributed by atoms with van der Waals surface area (Å²) >= 11 is 0. The van der Waals surface area contributed by atoms with Crippen LogP contribution in [0.25, 0.3) is 0 Å². The Kier molecular flexibility index (Phi) is 4.80. The minimum Gasteiger partial charge on any atom is -0.380 e. The molecule has 1 aliphatic heterocycles. The number of nitrogens with one attached hydrogen (secondary N) is 1. The lowest BCUT2D eigenvalue weighted by atomic mass is 10.1. The van der Waals surface area contributed by atoms with Gasteiger partial charge in [0.2, 0.25) is 5.91 Å². The lowest BCUT2D eigenvalue weighted by Gasteiger charge is -2.24. The Morgan fingerprint density at radius 3 is 2.89 bits per heavy atom. The molecule has 0 radical (unpaired) electrons. The van der Waals surface area contributed by atoms with Gasteiger partial charge in [-0.15, -0.1) is 0 Å². The molecule has 19 heavy (non-hydrogen) atoms. The molecule has 0 saturated carbocycles. The van der Waals surface area contributed by atoms with Gasteiger partial charge in [0.05, 0.1) is 6.61 Å². The average Bonchev–Trinajstić information content (AvgIpc) is 2.87. The second-order valence-corrected chi connectivity index (χ2v) is 4.67. The molecular formula is C15H22N2O2. The highest BCUT2D eigenvalue weighted by molar-refractivity contribution is 5.87. The maximum Gasteiger partial charge on any atom is 0.245 e. The van der Waals surface area contributed by atoms with Gasteiger partial charge in [-0.05, 0) is 25.5 Å². The lowest BCUT2D eigenvalue weighted by Crippen LogP contribution is -2.43. The molecule has 104 valence electrons. The van der Waals surface area contributed by atoms with Gasteiger partial charge in [-0.3, -0.25) is 4.79 Å². The summed E-state index contributed by atoms with van der Waals surface area (Å²) in [6, 6.07) is 7.98. The predicted octanol–water partition coefficient (Wildman–Crippen LogP) is 1.91. The molecule has 1 amide bonds. The van der Waals surface area contributed by atoms with E-state index in [1.54, 1.807) is 0 Å². The minimum atomic E-state index is -0.126. The smallest absolute Gasteiger partial charge is 0.245 e. The first kappa shape index (κ1) is 13.9. The lowest BCUT2D eigenvalue weighted by molar-refractivity contribution is -0.132. The molecule has 0 aromatic heterocycles. The van der Waals surface area contributed by atoms with E-state index in [0.29, 0.717) is 19.8 Å². The molecule has 1 aromatic rings. The van der Waals surface area contributed by atoms with Crippen LogP contribution in [0.3, 0.4) is 0 Å². The van der Waals surface area contributed by atoms with Crippen LogP contribution in [0.4, 0.5) is 5.69 Å². The van der Waals surface area contributed by atoms with E-state index in [1.165, 1.54) is 5.56 Å². The van der Waals surface area contributed by atoms with Gasteiger partial charge in [0.15, 0.2) is 0 Å². The number of anilines is 1. The van der Waals surface area contributed by atoms with Crippen LogP contribution in [0.5, 0.6) is 0 Å². The van der Waals surface area contributed by atoms with Crippen LogP contribution in [-0.2, 0) is 16.0 Å². The number of hydrogen-bond donors (Lipinski definition) is 1. The van der Waals surface area contributed by atoms with E-state index in [2.05, 4.69) is 11.4 Å². The number of rotatable bonds is 6. The van der Waals surface area contributed by atoms with E-state index in [9.17, 15) is 4.79 Å². The number of hydrogen-bond acceptors (Lipinski definition) is 3. The van der Waals surface area contributed by atoms with Crippen LogP contribution >= 0.6 is 0 Å². The van der Waals surface area contributed by atoms with Crippen molar-refractivity contribution in [2.75, 3.05) is 31.6 Å². The molecule has 1 aliphatic rings. The van der Waals surface area contributed by atoms with E-state index in [-0.39, 0.29) is 11.9 Å². The Morgan fingerprint density at radius 2 is 2.21 bits per heavy atom. The zero-order valence-electron chi connectivity index (χ0n) is 11.7. The maximum absolute atomic E-state index is 12.4. The summed E-state index contributed by atoms with van der Waals surface area (Å²) < 4.78 is 5.33. The number of carbonyl (C=O) groups is 1. The number of fused-ring (bicyclic) bond motifs is 1. The molecule has 0 aliphatic carbocycles. The summed E-state index contributed by atoms with van der Waals surface area (Å²) in [5.74, 6) is 0.165. The van der Waals surface area contributed by atoms with Crippen molar-refractivity contribution in [3.8, 4) is 0 Å². The Morgan fingerprint density at radius 1 is 1.42 bits per heavy atom. The molecule has 4 nitrogen and oxygen atoms in total. The minimum absolute atomic E-state index is 0.126. The van der Waals surface area contributed by atoms with Crippen molar-refractivity contribution < 1.29 is 9.53 Å². The number of ether oxygens (including phenoxy) is 1. The fraction of sp³-hybridized carbons (Fsp3) is 0.533. The largest absolute Gasteiger partial charge is 0.380 e. The van der Waals surface area contributed by atoms with Gasteiger partial charge >= 0.3 is 0 Å². The van der Waals surface area contributed by atoms with Crippen molar-refractivity contribution >= 4 is 11.6 Å². The summed E-state index contributed by atoms with van der Waals surface area (Å²) in [6.07, 6.45) is 0.778. The molecule has 0 saturated heterocycles. The summed E-state index contributed by atoms with van der Waals surface area (Å²) in [5.41, 5.74) is 2.31. The van der Waals surface area contributed by atoms with Crippen molar-refractivity contribution in [1.82, 2.24) is 4.90 Å². The highest BCUT2D eigenvalue weighted by Gasteiger charge is 2.29. The van der Waals surface area contributed by atoms with Gasteiger partial charge in [-0.2, -0.15) is 0 Å². The maximum atomic E-state index is 12.4. The Bertz CT molecular complexity index is 409. The molecule has 0 spiro atoms. The predicted molar refractivity (Wildman–Crippen MR) is 76.3 cm³/mol. The van der Waals surface area contributed by atoms with E-state index >= 15 is 0 Å². The zero-order chi connectivity index (χ0) is 13.7. The van der Waals surface area contributed by atoms with Crippen LogP contribution < -0.4 is 5.32 Å². The topological polar surface area (TPSA) is 41.6 Å². The molecular weight excluding hydrogens is 240 g/mol. The van der Waals surface area contributed by atoms with Crippen LogP contribution in [0, 0.1) is 0 Å². The molecule has 1 N–H and O–H groups in total. The molecule has 1 aromatic carbocycles. The second kappa shape index (κ2) is 6.57. The van der Waals surface area contributed by atoms with Crippen molar-refractivity contribution in [3.63, 3.8) is 0 Å². The standard InChI is InChI=1S/C15H22N2O2/c1-3-17(9-10-19-4-2)15(18)14-11-12-7-5-6-8-13(12)16-14/h5-8,14,16H,3-4,9-11H2,1-2H3. The van der Waals surface area contributed by atoms with E-state index in [0.717, 1.165) is 18.7 Å². The summed E-state index contributed by atoms with van der Waals surface area (Å²) in [6.45, 7) is 6.66. The first-order valence-electron chi connectivity index (χ1n) is 6.97. The van der Waals surface area contributed by atoms with Gasteiger partial charge in [0, 0.05) is 31.8 Å². The second-order valence-electron chi connectivity index (χ2n) is 4.67. The highest BCUT2D eigenvalue weighted by Crippen LogP contribution is 2.25. The monoisotopic (exact) mass is 262 g/mol. The summed E-state index contributed by atoms with van der Waals surface area (Å²) in [5, 5.41) is 3.31. The van der Waals surface area contributed by atoms with Gasteiger partial charge in [-0.25, -0.2) is 0 Å². The van der Waals surface area contributed by atoms with Gasteiger partial charge in [-0.1, -0.05) is 18.2 Å². The highest BCUT2D eigenvalue weighted by atomic mass is 16.5. The Hall–Kier alpha value is -1.55. The number of benzene rings is 1. The molecule has 0 bridgehead atoms. The fourth-order valence-corrected chi connectivity index (χ4v) is 2.41. The third-order valence-corrected chi connectivity index (χ3v) is 3.47. The quantitative estimate of drug-likeness (QED) is 0.796. The zero-order valence-corrected chi connectivity index (χ0v) is 11.7. The van der Waals surface area contributed by atoms with Crippen LogP contribution in [0.2, 0.25) is 0 Å². The number of carbonyl (C=O) groups excluding carboxylic acids is 1. The molecule has 0 fully saturated rings. The van der Waals surface area contributed by atoms with E-state index in [4.69, 9.17) is 4.74 Å². The number of para-hydroxylation sites is 1. The van der Waals surface area contributed by atoms with E-state index in [1.807, 2.05) is 36.9 Å². The summed E-state index contributed by atoms with van der Waals surface area (Å²) in [4.78, 5) is 14.3. The van der Waals surface area contributed by atoms with Crippen LogP contribution in [0.15, 0.2) is 24.3 Å². The van der Waals surface area contributed by atoms with Crippen molar-refractivity contribution in [1.29, 1.82) is 0 Å². The van der Waals surface area contributed by atoms with Crippen LogP contribution in [-0.4, -0.2) is 43.2 Å². The first-order valence-corrected chi connectivity index (χ1v) is 6.97. The van der Waals surface area contributed by atoms with Gasteiger partial charge in [0.1, 0.15) is 6.04 Å². The molecule has 1 heterocycles. The summed E-state index contributed by atoms with van der Waals surface area (Å²) in [7, 11) is 0. The average molecular weight is 262 g/mol. The van der Waals surface area contributed by atoms with Crippen molar-refractivity contribution in [2.24, 2.45) is 0 Å². The number of nitrogens with zero attached hydrogens (tertiary/aromatic N) is 1. The Balaban J connectivity index is 1.93. The fourth-order valence-electron chi connectivity index (χ4n) is 2.41. The molecule has 1 unspecified atom stereocenters. The van der Waals surface area contributed by atoms with Gasteiger partial charge < -0.3 is 15.0 Å². The van der Waals surface area contributed by atoms with E-state index < -0.39 is 0 Å². The van der Waals surface area contributed by atoms with Crippen molar-refractivity contribution in [3.05, 3.63) is 29.8 Å².